The van der Waals surface area contributed by atoms with E-state index in [9.17, 15) is 14.0 Å². The summed E-state index contributed by atoms with van der Waals surface area (Å²) in [5.41, 5.74) is 1.61. The summed E-state index contributed by atoms with van der Waals surface area (Å²) in [6, 6.07) is 12.5. The summed E-state index contributed by atoms with van der Waals surface area (Å²) >= 11 is 0. The molecule has 0 N–H and O–H groups in total. The first-order valence-electron chi connectivity index (χ1n) is 9.46. The molecular formula is C22H22FN3O3. The number of carbonyl (C=O) groups is 2. The topological polar surface area (TPSA) is 53.1 Å². The number of imide groups is 1. The van der Waals surface area contributed by atoms with Crippen LogP contribution < -0.4 is 9.64 Å². The second kappa shape index (κ2) is 7.67. The Morgan fingerprint density at radius 3 is 2.21 bits per heavy atom. The Kier molecular flexibility index (Phi) is 5.07. The number of piperazine rings is 1. The van der Waals surface area contributed by atoms with E-state index < -0.39 is 17.6 Å². The number of nitrogens with zero attached hydrogens (tertiary/aromatic N) is 3. The van der Waals surface area contributed by atoms with Gasteiger partial charge in [-0.1, -0.05) is 18.2 Å². The summed E-state index contributed by atoms with van der Waals surface area (Å²) in [4.78, 5) is 32.1. The number of benzene rings is 2. The minimum atomic E-state index is -0.431. The fourth-order valence-corrected chi connectivity index (χ4v) is 3.76. The van der Waals surface area contributed by atoms with Crippen LogP contribution in [0.25, 0.3) is 5.57 Å². The molecule has 0 radical (unpaired) electrons. The van der Waals surface area contributed by atoms with Gasteiger partial charge >= 0.3 is 0 Å². The van der Waals surface area contributed by atoms with Crippen molar-refractivity contribution < 1.29 is 18.7 Å². The standard InChI is InChI=1S/C22H22FN3O3/c1-24-11-13-25(14-12-24)20-19(17-5-3-4-6-18(17)29-2)21(27)26(22(20)28)16-9-7-15(23)8-10-16/h3-10H,11-14H2,1-2H3. The van der Waals surface area contributed by atoms with E-state index in [4.69, 9.17) is 4.74 Å². The fraction of sp³-hybridized carbons (Fsp3) is 0.273. The van der Waals surface area contributed by atoms with Gasteiger partial charge in [-0.3, -0.25) is 9.59 Å². The number of anilines is 1. The summed E-state index contributed by atoms with van der Waals surface area (Å²) in [5, 5.41) is 0. The quantitative estimate of drug-likeness (QED) is 0.744. The van der Waals surface area contributed by atoms with Crippen LogP contribution in [0, 0.1) is 5.82 Å². The van der Waals surface area contributed by atoms with Crippen LogP contribution >= 0.6 is 0 Å². The number of para-hydroxylation sites is 1. The second-order valence-electron chi connectivity index (χ2n) is 7.14. The summed E-state index contributed by atoms with van der Waals surface area (Å²) in [5.74, 6) is -0.728. The normalized spacial score (nSPS) is 18.0. The molecule has 150 valence electrons. The number of amides is 2. The van der Waals surface area contributed by atoms with E-state index in [1.807, 2.05) is 24.1 Å². The molecule has 2 aromatic carbocycles. The highest BCUT2D eigenvalue weighted by Crippen LogP contribution is 2.38. The smallest absolute Gasteiger partial charge is 0.282 e. The van der Waals surface area contributed by atoms with E-state index in [0.29, 0.717) is 41.4 Å². The molecule has 2 aliphatic heterocycles. The predicted molar refractivity (Wildman–Crippen MR) is 108 cm³/mol. The van der Waals surface area contributed by atoms with Gasteiger partial charge in [0.15, 0.2) is 0 Å². The minimum absolute atomic E-state index is 0.321. The maximum absolute atomic E-state index is 13.4. The molecule has 4 rings (SSSR count). The third-order valence-electron chi connectivity index (χ3n) is 5.34. The summed E-state index contributed by atoms with van der Waals surface area (Å²) < 4.78 is 18.8. The molecule has 7 heteroatoms. The van der Waals surface area contributed by atoms with Crippen molar-refractivity contribution in [2.45, 2.75) is 0 Å². The van der Waals surface area contributed by atoms with Gasteiger partial charge < -0.3 is 14.5 Å². The van der Waals surface area contributed by atoms with Gasteiger partial charge in [0.2, 0.25) is 0 Å². The average Bonchev–Trinajstić information content (AvgIpc) is 2.99. The van der Waals surface area contributed by atoms with Crippen LogP contribution in [0.2, 0.25) is 0 Å². The molecule has 0 atom stereocenters. The molecule has 1 fully saturated rings. The van der Waals surface area contributed by atoms with E-state index >= 15 is 0 Å². The first-order chi connectivity index (χ1) is 14.0. The lowest BCUT2D eigenvalue weighted by molar-refractivity contribution is -0.120. The lowest BCUT2D eigenvalue weighted by atomic mass is 10.0. The Labute approximate surface area is 168 Å². The Balaban J connectivity index is 1.84. The monoisotopic (exact) mass is 395 g/mol. The number of hydrogen-bond acceptors (Lipinski definition) is 5. The van der Waals surface area contributed by atoms with Crippen molar-refractivity contribution in [1.82, 2.24) is 9.80 Å². The molecule has 29 heavy (non-hydrogen) atoms. The third-order valence-corrected chi connectivity index (χ3v) is 5.34. The zero-order chi connectivity index (χ0) is 20.5. The molecule has 0 unspecified atom stereocenters. The number of rotatable bonds is 4. The lowest BCUT2D eigenvalue weighted by Crippen LogP contribution is -2.46. The minimum Gasteiger partial charge on any atom is -0.496 e. The number of methoxy groups -OCH3 is 1. The van der Waals surface area contributed by atoms with E-state index in [-0.39, 0.29) is 0 Å². The van der Waals surface area contributed by atoms with Gasteiger partial charge in [-0.25, -0.2) is 9.29 Å². The summed E-state index contributed by atoms with van der Waals surface area (Å²) in [7, 11) is 3.56. The number of likely N-dealkylation sites (N-methyl/N-ethyl adjacent to an activating group) is 1. The Bertz CT molecular complexity index is 979. The van der Waals surface area contributed by atoms with Crippen molar-refractivity contribution in [3.8, 4) is 5.75 Å². The molecule has 0 saturated carbocycles. The lowest BCUT2D eigenvalue weighted by Gasteiger charge is -2.34. The molecule has 2 heterocycles. The van der Waals surface area contributed by atoms with Crippen molar-refractivity contribution in [1.29, 1.82) is 0 Å². The highest BCUT2D eigenvalue weighted by molar-refractivity contribution is 6.45. The van der Waals surface area contributed by atoms with Crippen LogP contribution in [0.1, 0.15) is 5.56 Å². The number of halogens is 1. The maximum atomic E-state index is 13.4. The van der Waals surface area contributed by atoms with Crippen molar-refractivity contribution >= 4 is 23.1 Å². The molecule has 0 aliphatic carbocycles. The fourth-order valence-electron chi connectivity index (χ4n) is 3.76. The number of ether oxygens (including phenoxy) is 1. The van der Waals surface area contributed by atoms with Gasteiger partial charge in [0.05, 0.1) is 18.4 Å². The molecule has 2 aliphatic rings. The Morgan fingerprint density at radius 1 is 0.897 bits per heavy atom. The average molecular weight is 395 g/mol. The van der Waals surface area contributed by atoms with Gasteiger partial charge in [0, 0.05) is 31.7 Å². The second-order valence-corrected chi connectivity index (χ2v) is 7.14. The van der Waals surface area contributed by atoms with Crippen LogP contribution in [0.15, 0.2) is 54.2 Å². The SMILES string of the molecule is COc1ccccc1C1=C(N2CCN(C)CC2)C(=O)N(c2ccc(F)cc2)C1=O. The van der Waals surface area contributed by atoms with Gasteiger partial charge in [0.1, 0.15) is 17.3 Å². The number of carbonyl (C=O) groups excluding carboxylic acids is 2. The first kappa shape index (κ1) is 19.1. The van der Waals surface area contributed by atoms with E-state index in [1.165, 1.54) is 31.4 Å². The van der Waals surface area contributed by atoms with Gasteiger partial charge in [-0.2, -0.15) is 0 Å². The Hall–Kier alpha value is -3.19. The zero-order valence-corrected chi connectivity index (χ0v) is 16.4. The van der Waals surface area contributed by atoms with Crippen molar-refractivity contribution in [3.63, 3.8) is 0 Å². The van der Waals surface area contributed by atoms with Gasteiger partial charge in [-0.05, 0) is 37.4 Å². The van der Waals surface area contributed by atoms with E-state index in [2.05, 4.69) is 4.90 Å². The van der Waals surface area contributed by atoms with Crippen molar-refractivity contribution in [2.24, 2.45) is 0 Å². The predicted octanol–water partition coefficient (Wildman–Crippen LogP) is 2.37. The van der Waals surface area contributed by atoms with Crippen LogP contribution in [-0.2, 0) is 9.59 Å². The molecule has 0 bridgehead atoms. The third kappa shape index (κ3) is 3.38. The number of hydrogen-bond donors (Lipinski definition) is 0. The Morgan fingerprint density at radius 2 is 1.55 bits per heavy atom. The largest absolute Gasteiger partial charge is 0.496 e. The molecule has 2 amide bonds. The molecule has 0 spiro atoms. The van der Waals surface area contributed by atoms with Crippen molar-refractivity contribution in [2.75, 3.05) is 45.2 Å². The summed E-state index contributed by atoms with van der Waals surface area (Å²) in [6.07, 6.45) is 0. The van der Waals surface area contributed by atoms with Crippen LogP contribution in [0.3, 0.4) is 0 Å². The molecule has 1 saturated heterocycles. The molecular weight excluding hydrogens is 373 g/mol. The van der Waals surface area contributed by atoms with Gasteiger partial charge in [0.25, 0.3) is 11.8 Å². The maximum Gasteiger partial charge on any atom is 0.282 e. The van der Waals surface area contributed by atoms with Crippen LogP contribution in [0.5, 0.6) is 5.75 Å². The molecule has 0 aromatic heterocycles. The van der Waals surface area contributed by atoms with Crippen molar-refractivity contribution in [3.05, 3.63) is 65.6 Å². The van der Waals surface area contributed by atoms with Gasteiger partial charge in [-0.15, -0.1) is 0 Å². The highest BCUT2D eigenvalue weighted by atomic mass is 19.1. The van der Waals surface area contributed by atoms with Crippen LogP contribution in [-0.4, -0.2) is 62.0 Å². The molecule has 2 aromatic rings. The van der Waals surface area contributed by atoms with E-state index in [0.717, 1.165) is 18.0 Å². The zero-order valence-electron chi connectivity index (χ0n) is 16.4. The van der Waals surface area contributed by atoms with E-state index in [1.54, 1.807) is 12.1 Å². The highest BCUT2D eigenvalue weighted by Gasteiger charge is 2.43. The molecule has 6 nitrogen and oxygen atoms in total. The first-order valence-corrected chi connectivity index (χ1v) is 9.46. The van der Waals surface area contributed by atoms with Crippen LogP contribution in [0.4, 0.5) is 10.1 Å². The summed E-state index contributed by atoms with van der Waals surface area (Å²) in [6.45, 7) is 2.86.